The van der Waals surface area contributed by atoms with Gasteiger partial charge >= 0.3 is 0 Å². The van der Waals surface area contributed by atoms with E-state index in [2.05, 4.69) is 12.2 Å². The van der Waals surface area contributed by atoms with Crippen LogP contribution in [0.2, 0.25) is 0 Å². The summed E-state index contributed by atoms with van der Waals surface area (Å²) in [6.45, 7) is 2.85. The molecule has 56 valence electrons. The Balaban J connectivity index is 2.95. The first-order valence-corrected chi connectivity index (χ1v) is 3.41. The van der Waals surface area contributed by atoms with Crippen molar-refractivity contribution in [1.29, 1.82) is 0 Å². The smallest absolute Gasteiger partial charge is 0.0556 e. The van der Waals surface area contributed by atoms with Gasteiger partial charge in [-0.15, -0.1) is 0 Å². The minimum atomic E-state index is 0.0575. The van der Waals surface area contributed by atoms with Crippen LogP contribution in [0.15, 0.2) is 0 Å². The van der Waals surface area contributed by atoms with Crippen LogP contribution in [0.4, 0.5) is 0 Å². The molecule has 0 aliphatic rings. The van der Waals surface area contributed by atoms with Crippen molar-refractivity contribution < 1.29 is 5.11 Å². The first kappa shape index (κ1) is 8.88. The van der Waals surface area contributed by atoms with Gasteiger partial charge in [-0.25, -0.2) is 0 Å². The molecule has 0 fully saturated rings. The minimum absolute atomic E-state index is 0.0575. The molecule has 9 heavy (non-hydrogen) atoms. The summed E-state index contributed by atoms with van der Waals surface area (Å²) in [4.78, 5) is 0. The minimum Gasteiger partial charge on any atom is -0.395 e. The van der Waals surface area contributed by atoms with E-state index in [1.807, 2.05) is 0 Å². The van der Waals surface area contributed by atoms with Crippen molar-refractivity contribution in [2.45, 2.75) is 25.9 Å². The molecule has 0 rings (SSSR count). The zero-order valence-electron chi connectivity index (χ0n) is 5.93. The molecule has 0 radical (unpaired) electrons. The number of hydrogen-bond donors (Lipinski definition) is 3. The Bertz CT molecular complexity index is 59.0. The summed E-state index contributed by atoms with van der Waals surface area (Å²) >= 11 is 0. The first-order valence-electron chi connectivity index (χ1n) is 3.41. The number of nitrogens with one attached hydrogen (secondary N) is 1. The van der Waals surface area contributed by atoms with Crippen LogP contribution < -0.4 is 11.1 Å². The lowest BCUT2D eigenvalue weighted by atomic mass is 10.3. The number of aliphatic hydroxyl groups excluding tert-OH is 1. The van der Waals surface area contributed by atoms with Gasteiger partial charge in [-0.2, -0.15) is 0 Å². The normalized spacial score (nSPS) is 13.7. The second-order valence-electron chi connectivity index (χ2n) is 2.07. The van der Waals surface area contributed by atoms with Gasteiger partial charge in [0.05, 0.1) is 12.8 Å². The van der Waals surface area contributed by atoms with Gasteiger partial charge in [-0.05, 0) is 6.42 Å². The van der Waals surface area contributed by atoms with Crippen molar-refractivity contribution in [2.24, 2.45) is 5.73 Å². The molecular weight excluding hydrogens is 116 g/mol. The van der Waals surface area contributed by atoms with Crippen molar-refractivity contribution in [3.8, 4) is 0 Å². The van der Waals surface area contributed by atoms with Crippen LogP contribution in [0.25, 0.3) is 0 Å². The molecule has 0 aliphatic heterocycles. The molecule has 0 spiro atoms. The number of rotatable bonds is 5. The molecule has 0 aromatic heterocycles. The topological polar surface area (TPSA) is 58.3 Å². The summed E-state index contributed by atoms with van der Waals surface area (Å²) in [6, 6.07) is 0. The maximum Gasteiger partial charge on any atom is 0.0556 e. The van der Waals surface area contributed by atoms with Crippen LogP contribution in [0.3, 0.4) is 0 Å². The molecule has 1 unspecified atom stereocenters. The molecule has 3 nitrogen and oxygen atoms in total. The van der Waals surface area contributed by atoms with Crippen LogP contribution in [0.1, 0.15) is 19.8 Å². The van der Waals surface area contributed by atoms with E-state index in [1.54, 1.807) is 0 Å². The second kappa shape index (κ2) is 6.01. The summed E-state index contributed by atoms with van der Waals surface area (Å²) in [5.41, 5.74) is 5.55. The molecular formula is C6H16N2O. The Morgan fingerprint density at radius 1 is 1.67 bits per heavy atom. The summed E-state index contributed by atoms with van der Waals surface area (Å²) in [6.07, 6.45) is 2.11. The van der Waals surface area contributed by atoms with Gasteiger partial charge in [0.25, 0.3) is 0 Å². The van der Waals surface area contributed by atoms with Crippen LogP contribution >= 0.6 is 0 Å². The van der Waals surface area contributed by atoms with E-state index < -0.39 is 0 Å². The lowest BCUT2D eigenvalue weighted by Gasteiger charge is -2.10. The van der Waals surface area contributed by atoms with Gasteiger partial charge in [0.15, 0.2) is 0 Å². The summed E-state index contributed by atoms with van der Waals surface area (Å²) in [7, 11) is 0. The molecule has 0 aromatic rings. The van der Waals surface area contributed by atoms with E-state index in [1.165, 1.54) is 0 Å². The predicted molar refractivity (Wildman–Crippen MR) is 38.0 cm³/mol. The molecule has 4 N–H and O–H groups in total. The van der Waals surface area contributed by atoms with Gasteiger partial charge in [-0.3, -0.25) is 5.32 Å². The standard InChI is InChI=1S/C6H16N2O/c1-2-3-6(7)8-4-5-9/h6,8-9H,2-5,7H2,1H3. The Labute approximate surface area is 56.2 Å². The quantitative estimate of drug-likeness (QED) is 0.448. The van der Waals surface area contributed by atoms with Crippen LogP contribution in [0.5, 0.6) is 0 Å². The van der Waals surface area contributed by atoms with Gasteiger partial charge in [0.2, 0.25) is 0 Å². The van der Waals surface area contributed by atoms with Gasteiger partial charge in [-0.1, -0.05) is 13.3 Å². The van der Waals surface area contributed by atoms with Crippen LogP contribution in [-0.2, 0) is 0 Å². The highest BCUT2D eigenvalue weighted by molar-refractivity contribution is 4.55. The van der Waals surface area contributed by atoms with Crippen LogP contribution in [-0.4, -0.2) is 24.4 Å². The zero-order chi connectivity index (χ0) is 7.11. The molecule has 0 aliphatic carbocycles. The summed E-state index contributed by atoms with van der Waals surface area (Å²) < 4.78 is 0. The maximum atomic E-state index is 8.37. The third-order valence-corrected chi connectivity index (χ3v) is 1.12. The van der Waals surface area contributed by atoms with Gasteiger partial charge in [0.1, 0.15) is 0 Å². The van der Waals surface area contributed by atoms with Gasteiger partial charge < -0.3 is 10.8 Å². The molecule has 0 amide bonds. The van der Waals surface area contributed by atoms with Gasteiger partial charge in [0, 0.05) is 6.54 Å². The van der Waals surface area contributed by atoms with E-state index in [9.17, 15) is 0 Å². The fourth-order valence-electron chi connectivity index (χ4n) is 0.663. The Morgan fingerprint density at radius 3 is 2.78 bits per heavy atom. The fourth-order valence-corrected chi connectivity index (χ4v) is 0.663. The highest BCUT2D eigenvalue weighted by Gasteiger charge is 1.95. The second-order valence-corrected chi connectivity index (χ2v) is 2.07. The highest BCUT2D eigenvalue weighted by atomic mass is 16.3. The summed E-state index contributed by atoms with van der Waals surface area (Å²) in [5, 5.41) is 11.3. The average Bonchev–Trinajstić information content (AvgIpc) is 1.85. The third kappa shape index (κ3) is 5.76. The van der Waals surface area contributed by atoms with Crippen molar-refractivity contribution in [3.05, 3.63) is 0 Å². The molecule has 0 saturated heterocycles. The largest absolute Gasteiger partial charge is 0.395 e. The van der Waals surface area contributed by atoms with Crippen molar-refractivity contribution in [2.75, 3.05) is 13.2 Å². The number of hydrogen-bond acceptors (Lipinski definition) is 3. The Kier molecular flexibility index (Phi) is 5.93. The SMILES string of the molecule is CCCC(N)NCCO. The fraction of sp³-hybridized carbons (Fsp3) is 1.00. The van der Waals surface area contributed by atoms with Crippen molar-refractivity contribution >= 4 is 0 Å². The highest BCUT2D eigenvalue weighted by Crippen LogP contribution is 1.87. The van der Waals surface area contributed by atoms with Crippen molar-refractivity contribution in [1.82, 2.24) is 5.32 Å². The monoisotopic (exact) mass is 132 g/mol. The molecule has 0 aromatic carbocycles. The van der Waals surface area contributed by atoms with Crippen molar-refractivity contribution in [3.63, 3.8) is 0 Å². The molecule has 3 heteroatoms. The Hall–Kier alpha value is -0.120. The summed E-state index contributed by atoms with van der Waals surface area (Å²) in [5.74, 6) is 0. The first-order chi connectivity index (χ1) is 4.31. The van der Waals surface area contributed by atoms with E-state index >= 15 is 0 Å². The Morgan fingerprint density at radius 2 is 2.33 bits per heavy atom. The lowest BCUT2D eigenvalue weighted by Crippen LogP contribution is -2.38. The molecule has 0 heterocycles. The number of nitrogens with two attached hydrogens (primary N) is 1. The van der Waals surface area contributed by atoms with Crippen LogP contribution in [0, 0.1) is 0 Å². The van der Waals surface area contributed by atoms with E-state index in [0.29, 0.717) is 6.54 Å². The van der Waals surface area contributed by atoms with E-state index in [4.69, 9.17) is 10.8 Å². The molecule has 0 saturated carbocycles. The third-order valence-electron chi connectivity index (χ3n) is 1.12. The lowest BCUT2D eigenvalue weighted by molar-refractivity contribution is 0.282. The predicted octanol–water partition coefficient (Wildman–Crippen LogP) is -0.347. The molecule has 0 bridgehead atoms. The maximum absolute atomic E-state index is 8.37. The van der Waals surface area contributed by atoms with E-state index in [0.717, 1.165) is 12.8 Å². The zero-order valence-corrected chi connectivity index (χ0v) is 5.93. The number of aliphatic hydroxyl groups is 1. The van der Waals surface area contributed by atoms with E-state index in [-0.39, 0.29) is 12.8 Å². The average molecular weight is 132 g/mol. The molecule has 1 atom stereocenters.